The molecule has 0 saturated heterocycles. The highest BCUT2D eigenvalue weighted by atomic mass is 16.6. The van der Waals surface area contributed by atoms with E-state index in [1.165, 1.54) is 0 Å². The molecule has 270 valence electrons. The van der Waals surface area contributed by atoms with Gasteiger partial charge < -0.3 is 59.1 Å². The van der Waals surface area contributed by atoms with E-state index in [2.05, 4.69) is 0 Å². The van der Waals surface area contributed by atoms with Gasteiger partial charge in [-0.05, 0) is 71.0 Å². The van der Waals surface area contributed by atoms with Gasteiger partial charge in [0.1, 0.15) is 36.9 Å². The molecule has 46 heavy (non-hydrogen) atoms. The van der Waals surface area contributed by atoms with Gasteiger partial charge in [0.15, 0.2) is 12.2 Å². The van der Waals surface area contributed by atoms with E-state index in [0.29, 0.717) is 83.8 Å². The molecule has 0 heterocycles. The second-order valence-electron chi connectivity index (χ2n) is 11.7. The van der Waals surface area contributed by atoms with Crippen LogP contribution < -0.4 is 40.1 Å². The molecule has 15 nitrogen and oxygen atoms in total. The number of hydrogen-bond donors (Lipinski definition) is 7. The van der Waals surface area contributed by atoms with E-state index in [4.69, 9.17) is 59.1 Å². The Morgan fingerprint density at radius 1 is 0.500 bits per heavy atom. The molecule has 7 unspecified atom stereocenters. The Morgan fingerprint density at radius 3 is 1.26 bits per heavy atom. The van der Waals surface area contributed by atoms with Gasteiger partial charge in [0.2, 0.25) is 0 Å². The number of esters is 4. The lowest BCUT2D eigenvalue weighted by molar-refractivity contribution is -0.194. The minimum absolute atomic E-state index is 0.130. The van der Waals surface area contributed by atoms with E-state index in [1.807, 2.05) is 6.92 Å². The summed E-state index contributed by atoms with van der Waals surface area (Å²) < 4.78 is 22.7. The van der Waals surface area contributed by atoms with Gasteiger partial charge in [0.05, 0.1) is 0 Å². The third-order valence-corrected chi connectivity index (χ3v) is 7.55. The van der Waals surface area contributed by atoms with Gasteiger partial charge in [-0.2, -0.15) is 0 Å². The molecule has 7 atom stereocenters. The molecule has 15 heteroatoms. The summed E-state index contributed by atoms with van der Waals surface area (Å²) in [6, 6.07) is -3.95. The Kier molecular flexibility index (Phi) is 25.3. The van der Waals surface area contributed by atoms with Gasteiger partial charge in [-0.3, -0.25) is 19.2 Å². The fourth-order valence-electron chi connectivity index (χ4n) is 4.55. The third-order valence-electron chi connectivity index (χ3n) is 7.55. The number of ether oxygens (including phenoxy) is 4. The highest BCUT2D eigenvalue weighted by Gasteiger charge is 2.40. The van der Waals surface area contributed by atoms with Crippen LogP contribution in [0, 0.1) is 0 Å². The van der Waals surface area contributed by atoms with Crippen molar-refractivity contribution in [2.75, 3.05) is 26.2 Å². The number of nitrogens with two attached hydrogens (primary N) is 7. The summed E-state index contributed by atoms with van der Waals surface area (Å²) in [5.41, 5.74) is 40.9. The average molecular weight is 662 g/mol. The Bertz CT molecular complexity index is 854. The highest BCUT2D eigenvalue weighted by Crippen LogP contribution is 2.20. The number of carbonyl (C=O) groups is 4. The maximum absolute atomic E-state index is 13.2. The van der Waals surface area contributed by atoms with Crippen LogP contribution in [0.4, 0.5) is 0 Å². The maximum Gasteiger partial charge on any atom is 0.323 e. The molecule has 0 aliphatic heterocycles. The molecular weight excluding hydrogens is 598 g/mol. The van der Waals surface area contributed by atoms with Gasteiger partial charge in [-0.1, -0.05) is 52.4 Å². The van der Waals surface area contributed by atoms with E-state index >= 15 is 0 Å². The molecular formula is C31H63N7O8. The van der Waals surface area contributed by atoms with Crippen LogP contribution in [-0.2, 0) is 38.1 Å². The van der Waals surface area contributed by atoms with Crippen molar-refractivity contribution in [3.63, 3.8) is 0 Å². The van der Waals surface area contributed by atoms with Crippen LogP contribution in [0.2, 0.25) is 0 Å². The van der Waals surface area contributed by atoms with Crippen molar-refractivity contribution in [3.8, 4) is 0 Å². The molecule has 0 spiro atoms. The summed E-state index contributed by atoms with van der Waals surface area (Å²) >= 11 is 0. The fourth-order valence-corrected chi connectivity index (χ4v) is 4.55. The molecule has 0 bridgehead atoms. The zero-order chi connectivity index (χ0) is 34.9. The van der Waals surface area contributed by atoms with E-state index in [0.717, 1.165) is 12.8 Å². The van der Waals surface area contributed by atoms with Crippen LogP contribution in [0.25, 0.3) is 0 Å². The minimum atomic E-state index is -1.41. The molecule has 0 amide bonds. The Labute approximate surface area is 274 Å². The summed E-state index contributed by atoms with van der Waals surface area (Å²) in [4.78, 5) is 52.1. The first-order valence-corrected chi connectivity index (χ1v) is 16.9. The van der Waals surface area contributed by atoms with E-state index in [1.54, 1.807) is 6.92 Å². The van der Waals surface area contributed by atoms with Crippen LogP contribution >= 0.6 is 0 Å². The second-order valence-corrected chi connectivity index (χ2v) is 11.7. The van der Waals surface area contributed by atoms with Crippen LogP contribution in [0.3, 0.4) is 0 Å². The summed E-state index contributed by atoms with van der Waals surface area (Å²) in [7, 11) is 0. The number of hydrogen-bond acceptors (Lipinski definition) is 15. The van der Waals surface area contributed by atoms with Crippen molar-refractivity contribution in [3.05, 3.63) is 0 Å². The van der Waals surface area contributed by atoms with Gasteiger partial charge in [0, 0.05) is 0 Å². The monoisotopic (exact) mass is 661 g/mol. The maximum atomic E-state index is 13.2. The van der Waals surface area contributed by atoms with Crippen LogP contribution in [0.1, 0.15) is 104 Å². The lowest BCUT2D eigenvalue weighted by atomic mass is 10.0. The molecule has 0 aromatic heterocycles. The first-order valence-electron chi connectivity index (χ1n) is 16.9. The van der Waals surface area contributed by atoms with Crippen molar-refractivity contribution in [1.82, 2.24) is 0 Å². The standard InChI is InChI=1S/C31H63N7O8/c1-3-5-6-13-22(36)30(41)45-26(20-43-28(39)21(35)14-7-10-17-32)27(46-31(42)24(38)16-9-12-19-34)25(4-2)44-29(40)23(37)15-8-11-18-33/h21-27H,3-20,32-38H2,1-2H3. The normalized spacial score (nSPS) is 15.9. The van der Waals surface area contributed by atoms with Gasteiger partial charge in [-0.15, -0.1) is 0 Å². The fraction of sp³-hybridized carbons (Fsp3) is 0.871. The quantitative estimate of drug-likeness (QED) is 0.0329. The number of rotatable bonds is 28. The molecule has 0 aliphatic rings. The van der Waals surface area contributed by atoms with Gasteiger partial charge in [0.25, 0.3) is 0 Å². The number of carbonyl (C=O) groups excluding carboxylic acids is 4. The van der Waals surface area contributed by atoms with Crippen molar-refractivity contribution < 1.29 is 38.1 Å². The molecule has 0 aromatic rings. The van der Waals surface area contributed by atoms with Crippen LogP contribution in [-0.4, -0.2) is 92.6 Å². The van der Waals surface area contributed by atoms with Gasteiger partial charge in [-0.25, -0.2) is 0 Å². The summed E-state index contributed by atoms with van der Waals surface area (Å²) in [5.74, 6) is -3.10. The smallest absolute Gasteiger partial charge is 0.323 e. The van der Waals surface area contributed by atoms with Gasteiger partial charge >= 0.3 is 23.9 Å². The minimum Gasteiger partial charge on any atom is -0.460 e. The third kappa shape index (κ3) is 18.7. The van der Waals surface area contributed by atoms with Crippen molar-refractivity contribution in [2.24, 2.45) is 40.1 Å². The van der Waals surface area contributed by atoms with Crippen LogP contribution in [0.5, 0.6) is 0 Å². The SMILES string of the molecule is CCCCCC(N)C(=O)OC(COC(=O)C(N)CCCCN)C(OC(=O)C(N)CCCCN)C(CC)OC(=O)C(N)CCCCN. The number of unbranched alkanes of at least 4 members (excludes halogenated alkanes) is 5. The lowest BCUT2D eigenvalue weighted by Gasteiger charge is -2.33. The zero-order valence-electron chi connectivity index (χ0n) is 28.1. The zero-order valence-corrected chi connectivity index (χ0v) is 28.1. The average Bonchev–Trinajstić information content (AvgIpc) is 3.04. The van der Waals surface area contributed by atoms with Crippen molar-refractivity contribution >= 4 is 23.9 Å². The highest BCUT2D eigenvalue weighted by molar-refractivity contribution is 5.78. The predicted molar refractivity (Wildman–Crippen MR) is 176 cm³/mol. The van der Waals surface area contributed by atoms with Crippen molar-refractivity contribution in [1.29, 1.82) is 0 Å². The Balaban J connectivity index is 6.29. The molecule has 14 N–H and O–H groups in total. The lowest BCUT2D eigenvalue weighted by Crippen LogP contribution is -2.52. The summed E-state index contributed by atoms with van der Waals surface area (Å²) in [6.45, 7) is 4.49. The van der Waals surface area contributed by atoms with E-state index in [9.17, 15) is 19.2 Å². The Hall–Kier alpha value is -2.40. The molecule has 0 radical (unpaired) electrons. The summed E-state index contributed by atoms with van der Waals surface area (Å²) in [6.07, 6.45) is 3.75. The largest absolute Gasteiger partial charge is 0.460 e. The molecule has 0 aliphatic carbocycles. The predicted octanol–water partition coefficient (Wildman–Crippen LogP) is -0.0485. The molecule has 0 rings (SSSR count). The van der Waals surface area contributed by atoms with Crippen molar-refractivity contribution in [2.45, 2.75) is 146 Å². The van der Waals surface area contributed by atoms with Crippen LogP contribution in [0.15, 0.2) is 0 Å². The summed E-state index contributed by atoms with van der Waals surface area (Å²) in [5, 5.41) is 0. The Morgan fingerprint density at radius 2 is 0.870 bits per heavy atom. The van der Waals surface area contributed by atoms with E-state index in [-0.39, 0.29) is 12.8 Å². The topological polar surface area (TPSA) is 287 Å². The molecule has 0 saturated carbocycles. The second kappa shape index (κ2) is 26.6. The first-order chi connectivity index (χ1) is 22.0. The molecule has 0 fully saturated rings. The molecule has 0 aromatic carbocycles. The van der Waals surface area contributed by atoms with E-state index < -0.39 is 73.0 Å². The first kappa shape index (κ1) is 43.6.